The van der Waals surface area contributed by atoms with Crippen LogP contribution in [-0.2, 0) is 11.3 Å². The van der Waals surface area contributed by atoms with Crippen molar-refractivity contribution in [3.63, 3.8) is 0 Å². The average Bonchev–Trinajstić information content (AvgIpc) is 2.19. The maximum atomic E-state index is 11.7. The summed E-state index contributed by atoms with van der Waals surface area (Å²) in [6, 6.07) is 0. The van der Waals surface area contributed by atoms with Gasteiger partial charge < -0.3 is 15.4 Å². The number of anilines is 1. The van der Waals surface area contributed by atoms with Crippen LogP contribution >= 0.6 is 0 Å². The third kappa shape index (κ3) is 4.67. The standard InChI is InChI=1S/C11H18N4O2/c1-11(2,3)17-10(16)15(4)7-9-13-5-8(12)6-14-9/h5-6H,7,12H2,1-4H3. The lowest BCUT2D eigenvalue weighted by Crippen LogP contribution is -2.34. The summed E-state index contributed by atoms with van der Waals surface area (Å²) in [5.74, 6) is 0.521. The van der Waals surface area contributed by atoms with Crippen molar-refractivity contribution in [3.8, 4) is 0 Å². The molecule has 0 aromatic carbocycles. The Balaban J connectivity index is 2.57. The number of amides is 1. The largest absolute Gasteiger partial charge is 0.444 e. The van der Waals surface area contributed by atoms with Crippen molar-refractivity contribution in [3.05, 3.63) is 18.2 Å². The third-order valence-corrected chi connectivity index (χ3v) is 1.81. The van der Waals surface area contributed by atoms with E-state index in [-0.39, 0.29) is 6.54 Å². The molecule has 0 unspecified atom stereocenters. The Bertz CT molecular complexity index is 383. The quantitative estimate of drug-likeness (QED) is 0.842. The van der Waals surface area contributed by atoms with Crippen LogP contribution in [0.3, 0.4) is 0 Å². The molecule has 1 rings (SSSR count). The lowest BCUT2D eigenvalue weighted by molar-refractivity contribution is 0.0281. The smallest absolute Gasteiger partial charge is 0.410 e. The molecule has 6 nitrogen and oxygen atoms in total. The first-order chi connectivity index (χ1) is 7.78. The van der Waals surface area contributed by atoms with Crippen molar-refractivity contribution < 1.29 is 9.53 Å². The molecule has 0 radical (unpaired) electrons. The maximum absolute atomic E-state index is 11.7. The summed E-state index contributed by atoms with van der Waals surface area (Å²) in [4.78, 5) is 21.1. The van der Waals surface area contributed by atoms with Crippen molar-refractivity contribution in [1.82, 2.24) is 14.9 Å². The van der Waals surface area contributed by atoms with Gasteiger partial charge >= 0.3 is 6.09 Å². The lowest BCUT2D eigenvalue weighted by atomic mass is 10.2. The van der Waals surface area contributed by atoms with Crippen molar-refractivity contribution in [2.24, 2.45) is 0 Å². The number of nitrogens with zero attached hydrogens (tertiary/aromatic N) is 3. The van der Waals surface area contributed by atoms with Gasteiger partial charge in [0.15, 0.2) is 0 Å². The molecule has 0 saturated heterocycles. The molecular formula is C11H18N4O2. The van der Waals surface area contributed by atoms with E-state index in [1.807, 2.05) is 20.8 Å². The summed E-state index contributed by atoms with van der Waals surface area (Å²) in [6.45, 7) is 5.74. The molecule has 1 heterocycles. The van der Waals surface area contributed by atoms with Gasteiger partial charge in [-0.15, -0.1) is 0 Å². The second-order valence-corrected chi connectivity index (χ2v) is 4.77. The summed E-state index contributed by atoms with van der Waals surface area (Å²) in [7, 11) is 1.63. The van der Waals surface area contributed by atoms with E-state index in [0.717, 1.165) is 0 Å². The number of carbonyl (C=O) groups excluding carboxylic acids is 1. The fourth-order valence-corrected chi connectivity index (χ4v) is 1.06. The van der Waals surface area contributed by atoms with Crippen LogP contribution in [0.5, 0.6) is 0 Å². The molecule has 94 valence electrons. The number of nitrogen functional groups attached to an aromatic ring is 1. The summed E-state index contributed by atoms with van der Waals surface area (Å²) in [5.41, 5.74) is 5.46. The molecule has 0 spiro atoms. The van der Waals surface area contributed by atoms with Gasteiger partial charge in [-0.05, 0) is 20.8 Å². The van der Waals surface area contributed by atoms with E-state index in [1.54, 1.807) is 7.05 Å². The van der Waals surface area contributed by atoms with Crippen LogP contribution in [0, 0.1) is 0 Å². The summed E-state index contributed by atoms with van der Waals surface area (Å²) in [5, 5.41) is 0. The van der Waals surface area contributed by atoms with Gasteiger partial charge in [0.25, 0.3) is 0 Å². The molecule has 0 aliphatic heterocycles. The summed E-state index contributed by atoms with van der Waals surface area (Å²) in [6.07, 6.45) is 2.61. The Hall–Kier alpha value is -1.85. The van der Waals surface area contributed by atoms with Crippen LogP contribution in [0.2, 0.25) is 0 Å². The highest BCUT2D eigenvalue weighted by atomic mass is 16.6. The second-order valence-electron chi connectivity index (χ2n) is 4.77. The van der Waals surface area contributed by atoms with Crippen molar-refractivity contribution in [2.75, 3.05) is 12.8 Å². The number of ether oxygens (including phenoxy) is 1. The molecule has 1 aromatic rings. The van der Waals surface area contributed by atoms with Crippen LogP contribution in [0.15, 0.2) is 12.4 Å². The highest BCUT2D eigenvalue weighted by Gasteiger charge is 2.20. The normalized spacial score (nSPS) is 11.1. The van der Waals surface area contributed by atoms with E-state index in [4.69, 9.17) is 10.5 Å². The molecule has 0 aliphatic rings. The molecule has 1 amide bonds. The number of hydrogen-bond donors (Lipinski definition) is 1. The van der Waals surface area contributed by atoms with Crippen LogP contribution in [0.4, 0.5) is 10.5 Å². The average molecular weight is 238 g/mol. The fraction of sp³-hybridized carbons (Fsp3) is 0.545. The van der Waals surface area contributed by atoms with Gasteiger partial charge in [-0.1, -0.05) is 0 Å². The Morgan fingerprint density at radius 3 is 2.41 bits per heavy atom. The minimum atomic E-state index is -0.507. The Morgan fingerprint density at radius 1 is 1.41 bits per heavy atom. The molecule has 17 heavy (non-hydrogen) atoms. The molecule has 6 heteroatoms. The van der Waals surface area contributed by atoms with Gasteiger partial charge in [0.2, 0.25) is 0 Å². The van der Waals surface area contributed by atoms with Crippen molar-refractivity contribution in [2.45, 2.75) is 32.9 Å². The number of nitrogens with two attached hydrogens (primary N) is 1. The van der Waals surface area contributed by atoms with Crippen LogP contribution in [0.25, 0.3) is 0 Å². The molecule has 0 fully saturated rings. The van der Waals surface area contributed by atoms with Gasteiger partial charge in [0, 0.05) is 7.05 Å². The third-order valence-electron chi connectivity index (χ3n) is 1.81. The molecule has 0 bridgehead atoms. The van der Waals surface area contributed by atoms with Crippen molar-refractivity contribution in [1.29, 1.82) is 0 Å². The zero-order valence-corrected chi connectivity index (χ0v) is 10.6. The van der Waals surface area contributed by atoms with Crippen molar-refractivity contribution >= 4 is 11.8 Å². The minimum absolute atomic E-state index is 0.287. The SMILES string of the molecule is CN(Cc1ncc(N)cn1)C(=O)OC(C)(C)C. The van der Waals surface area contributed by atoms with E-state index in [2.05, 4.69) is 9.97 Å². The van der Waals surface area contributed by atoms with Gasteiger partial charge in [0.1, 0.15) is 11.4 Å². The highest BCUT2D eigenvalue weighted by molar-refractivity contribution is 5.67. The van der Waals surface area contributed by atoms with Gasteiger partial charge in [-0.25, -0.2) is 14.8 Å². The van der Waals surface area contributed by atoms with Crippen LogP contribution < -0.4 is 5.73 Å². The van der Waals surface area contributed by atoms with E-state index >= 15 is 0 Å². The lowest BCUT2D eigenvalue weighted by Gasteiger charge is -2.24. The molecule has 1 aromatic heterocycles. The fourth-order valence-electron chi connectivity index (χ4n) is 1.06. The summed E-state index contributed by atoms with van der Waals surface area (Å²) >= 11 is 0. The first-order valence-electron chi connectivity index (χ1n) is 5.28. The Morgan fingerprint density at radius 2 is 1.94 bits per heavy atom. The van der Waals surface area contributed by atoms with E-state index < -0.39 is 11.7 Å². The van der Waals surface area contributed by atoms with Gasteiger partial charge in [-0.3, -0.25) is 0 Å². The van der Waals surface area contributed by atoms with Gasteiger partial charge in [-0.2, -0.15) is 0 Å². The van der Waals surface area contributed by atoms with Crippen LogP contribution in [-0.4, -0.2) is 33.6 Å². The predicted octanol–water partition coefficient (Wildman–Crippen LogP) is 1.43. The number of rotatable bonds is 2. The molecular weight excluding hydrogens is 220 g/mol. The molecule has 0 saturated carbocycles. The Kier molecular flexibility index (Phi) is 3.88. The predicted molar refractivity (Wildman–Crippen MR) is 64.1 cm³/mol. The van der Waals surface area contributed by atoms with E-state index in [1.165, 1.54) is 17.3 Å². The first kappa shape index (κ1) is 13.2. The number of aromatic nitrogens is 2. The molecule has 0 atom stereocenters. The molecule has 2 N–H and O–H groups in total. The van der Waals surface area contributed by atoms with E-state index in [0.29, 0.717) is 11.5 Å². The number of hydrogen-bond acceptors (Lipinski definition) is 5. The van der Waals surface area contributed by atoms with Crippen LogP contribution in [0.1, 0.15) is 26.6 Å². The van der Waals surface area contributed by atoms with Gasteiger partial charge in [0.05, 0.1) is 24.6 Å². The minimum Gasteiger partial charge on any atom is -0.444 e. The number of carbonyl (C=O) groups is 1. The first-order valence-corrected chi connectivity index (χ1v) is 5.28. The highest BCUT2D eigenvalue weighted by Crippen LogP contribution is 2.10. The van der Waals surface area contributed by atoms with E-state index in [9.17, 15) is 4.79 Å². The summed E-state index contributed by atoms with van der Waals surface area (Å²) < 4.78 is 5.20. The maximum Gasteiger partial charge on any atom is 0.410 e. The Labute approximate surface area is 101 Å². The monoisotopic (exact) mass is 238 g/mol. The molecule has 0 aliphatic carbocycles. The topological polar surface area (TPSA) is 81.3 Å². The second kappa shape index (κ2) is 4.99. The zero-order chi connectivity index (χ0) is 13.1. The zero-order valence-electron chi connectivity index (χ0n) is 10.6.